The molecule has 2 aliphatic rings. The lowest BCUT2D eigenvalue weighted by atomic mass is 9.67. The number of rotatable bonds is 5. The summed E-state index contributed by atoms with van der Waals surface area (Å²) >= 11 is 0. The van der Waals surface area contributed by atoms with Gasteiger partial charge >= 0.3 is 0 Å². The Kier molecular flexibility index (Phi) is 5.51. The van der Waals surface area contributed by atoms with Gasteiger partial charge in [0.25, 0.3) is 0 Å². The minimum absolute atomic E-state index is 0.0280. The van der Waals surface area contributed by atoms with E-state index >= 15 is 0 Å². The van der Waals surface area contributed by atoms with Gasteiger partial charge in [-0.2, -0.15) is 9.13 Å². The molecule has 0 bridgehead atoms. The number of aromatic nitrogens is 2. The van der Waals surface area contributed by atoms with Gasteiger partial charge in [-0.05, 0) is 47.0 Å². The highest BCUT2D eigenvalue weighted by molar-refractivity contribution is 5.73. The van der Waals surface area contributed by atoms with E-state index in [2.05, 4.69) is 145 Å². The Morgan fingerprint density at radius 2 is 1.29 bits per heavy atom. The van der Waals surface area contributed by atoms with Crippen LogP contribution in [0.2, 0.25) is 0 Å². The van der Waals surface area contributed by atoms with Gasteiger partial charge in [0.05, 0.1) is 11.5 Å². The minimum atomic E-state index is 0.0280. The average Bonchev–Trinajstić information content (AvgIpc) is 3.31. The maximum atomic E-state index is 2.60. The molecule has 7 rings (SSSR count). The van der Waals surface area contributed by atoms with Crippen LogP contribution in [0.25, 0.3) is 33.6 Å². The molecule has 0 spiro atoms. The second-order valence-corrected chi connectivity index (χ2v) is 10.8. The second-order valence-electron chi connectivity index (χ2n) is 10.8. The Hall–Kier alpha value is -4.04. The Morgan fingerprint density at radius 3 is 2.11 bits per heavy atom. The fourth-order valence-corrected chi connectivity index (χ4v) is 7.42. The Bertz CT molecular complexity index is 1630. The molecule has 2 atom stereocenters. The van der Waals surface area contributed by atoms with Gasteiger partial charge in [0.15, 0.2) is 24.0 Å². The molecule has 0 amide bonds. The third-order valence-electron chi connectivity index (χ3n) is 9.30. The van der Waals surface area contributed by atoms with Gasteiger partial charge in [0.2, 0.25) is 11.4 Å². The number of hydrogen-bond acceptors (Lipinski definition) is 0. The fraction of sp³-hybridized carbons (Fsp3) is 0.222. The van der Waals surface area contributed by atoms with Crippen LogP contribution in [0.15, 0.2) is 122 Å². The minimum Gasteiger partial charge on any atom is -0.192 e. The average molecular weight is 495 g/mol. The molecule has 0 N–H and O–H groups in total. The maximum absolute atomic E-state index is 2.60. The zero-order valence-electron chi connectivity index (χ0n) is 22.2. The lowest BCUT2D eigenvalue weighted by molar-refractivity contribution is -0.765. The molecular formula is C36H34N2+2. The normalized spacial score (nSPS) is 18.3. The summed E-state index contributed by atoms with van der Waals surface area (Å²) in [6.07, 6.45) is 7.87. The molecule has 5 aromatic rings. The van der Waals surface area contributed by atoms with E-state index in [9.17, 15) is 0 Å². The molecule has 0 radical (unpaired) electrons. The van der Waals surface area contributed by atoms with Crippen LogP contribution in [0.4, 0.5) is 0 Å². The standard InChI is InChI=1S/C36H34N2/c1-3-36(4-2)32(28-16-8-9-17-29(28)34-19-11-13-23-38(34)36)25-35-31-24-27(26-14-6-5-7-15-26)20-21-30(31)33-18-10-12-22-37(33)35/h5-24,32,35H,3-4,25H2,1-2H3/q+2. The number of benzene rings is 3. The van der Waals surface area contributed by atoms with Gasteiger partial charge in [-0.15, -0.1) is 0 Å². The second kappa shape index (κ2) is 9.06. The van der Waals surface area contributed by atoms with Crippen molar-refractivity contribution in [3.8, 4) is 33.6 Å². The van der Waals surface area contributed by atoms with E-state index in [1.165, 1.54) is 44.8 Å². The summed E-state index contributed by atoms with van der Waals surface area (Å²) in [5.74, 6) is 0.394. The van der Waals surface area contributed by atoms with Crippen molar-refractivity contribution in [2.24, 2.45) is 0 Å². The summed E-state index contributed by atoms with van der Waals surface area (Å²) < 4.78 is 5.14. The maximum Gasteiger partial charge on any atom is 0.213 e. The third kappa shape index (κ3) is 3.33. The van der Waals surface area contributed by atoms with E-state index < -0.39 is 0 Å². The lowest BCUT2D eigenvalue weighted by Crippen LogP contribution is -2.62. The Balaban J connectivity index is 1.41. The van der Waals surface area contributed by atoms with Crippen molar-refractivity contribution in [3.63, 3.8) is 0 Å². The van der Waals surface area contributed by atoms with E-state index in [1.54, 1.807) is 0 Å². The molecule has 2 aliphatic heterocycles. The van der Waals surface area contributed by atoms with E-state index in [0.717, 1.165) is 19.3 Å². The largest absolute Gasteiger partial charge is 0.213 e. The molecule has 4 heterocycles. The van der Waals surface area contributed by atoms with Crippen LogP contribution in [0, 0.1) is 0 Å². The van der Waals surface area contributed by atoms with Crippen molar-refractivity contribution in [1.82, 2.24) is 0 Å². The first-order chi connectivity index (χ1) is 18.7. The molecule has 0 saturated carbocycles. The Morgan fingerprint density at radius 1 is 0.605 bits per heavy atom. The fourth-order valence-electron chi connectivity index (χ4n) is 7.42. The van der Waals surface area contributed by atoms with Crippen molar-refractivity contribution in [2.75, 3.05) is 0 Å². The Labute approximate surface area is 225 Å². The molecular weight excluding hydrogens is 460 g/mol. The van der Waals surface area contributed by atoms with E-state index in [1.807, 2.05) is 0 Å². The van der Waals surface area contributed by atoms with Gasteiger partial charge < -0.3 is 0 Å². The SMILES string of the molecule is CCC1(CC)C(CC2c3cc(-c4ccccc4)ccc3-c3cccc[n+]32)c2ccccc2-c2cccc[n+]21. The van der Waals surface area contributed by atoms with Crippen molar-refractivity contribution in [2.45, 2.75) is 50.6 Å². The molecule has 2 aromatic heterocycles. The van der Waals surface area contributed by atoms with Crippen LogP contribution in [-0.2, 0) is 5.54 Å². The van der Waals surface area contributed by atoms with Gasteiger partial charge in [-0.25, -0.2) is 0 Å². The molecule has 0 fully saturated rings. The van der Waals surface area contributed by atoms with Crippen molar-refractivity contribution < 1.29 is 9.13 Å². The van der Waals surface area contributed by atoms with Crippen LogP contribution in [0.5, 0.6) is 0 Å². The zero-order chi connectivity index (χ0) is 25.7. The predicted molar refractivity (Wildman–Crippen MR) is 154 cm³/mol. The van der Waals surface area contributed by atoms with Crippen LogP contribution >= 0.6 is 0 Å². The number of fused-ring (bicyclic) bond motifs is 6. The summed E-state index contributed by atoms with van der Waals surface area (Å²) in [7, 11) is 0. The molecule has 0 saturated heterocycles. The van der Waals surface area contributed by atoms with E-state index in [-0.39, 0.29) is 11.6 Å². The van der Waals surface area contributed by atoms with E-state index in [0.29, 0.717) is 5.92 Å². The first-order valence-corrected chi connectivity index (χ1v) is 14.1. The van der Waals surface area contributed by atoms with Gasteiger partial charge in [-0.3, -0.25) is 0 Å². The number of nitrogens with zero attached hydrogens (tertiary/aromatic N) is 2. The lowest BCUT2D eigenvalue weighted by Gasteiger charge is -2.40. The molecule has 3 aromatic carbocycles. The van der Waals surface area contributed by atoms with Crippen LogP contribution in [0.3, 0.4) is 0 Å². The van der Waals surface area contributed by atoms with Gasteiger partial charge in [0.1, 0.15) is 0 Å². The third-order valence-corrected chi connectivity index (χ3v) is 9.30. The summed E-state index contributed by atoms with van der Waals surface area (Å²) in [4.78, 5) is 0. The summed E-state index contributed by atoms with van der Waals surface area (Å²) in [6, 6.07) is 40.6. The highest BCUT2D eigenvalue weighted by Crippen LogP contribution is 2.50. The molecule has 38 heavy (non-hydrogen) atoms. The smallest absolute Gasteiger partial charge is 0.192 e. The molecule has 2 unspecified atom stereocenters. The van der Waals surface area contributed by atoms with Crippen molar-refractivity contribution in [3.05, 3.63) is 133 Å². The molecule has 0 aliphatic carbocycles. The highest BCUT2D eigenvalue weighted by Gasteiger charge is 2.53. The number of pyridine rings is 2. The quantitative estimate of drug-likeness (QED) is 0.220. The van der Waals surface area contributed by atoms with Gasteiger partial charge in [-0.1, -0.05) is 68.4 Å². The number of hydrogen-bond donors (Lipinski definition) is 0. The molecule has 186 valence electrons. The van der Waals surface area contributed by atoms with Crippen LogP contribution in [-0.4, -0.2) is 0 Å². The van der Waals surface area contributed by atoms with Crippen molar-refractivity contribution >= 4 is 0 Å². The highest BCUT2D eigenvalue weighted by atomic mass is 15.1. The summed E-state index contributed by atoms with van der Waals surface area (Å²) in [5.41, 5.74) is 10.9. The zero-order valence-corrected chi connectivity index (χ0v) is 22.2. The van der Waals surface area contributed by atoms with Gasteiger partial charge in [0, 0.05) is 54.7 Å². The summed E-state index contributed by atoms with van der Waals surface area (Å²) in [5, 5.41) is 0. The predicted octanol–water partition coefficient (Wildman–Crippen LogP) is 7.87. The topological polar surface area (TPSA) is 7.76 Å². The van der Waals surface area contributed by atoms with E-state index in [4.69, 9.17) is 0 Å². The monoisotopic (exact) mass is 494 g/mol. The first-order valence-electron chi connectivity index (χ1n) is 14.1. The molecule has 2 nitrogen and oxygen atoms in total. The summed E-state index contributed by atoms with van der Waals surface area (Å²) in [6.45, 7) is 4.76. The molecule has 2 heteroatoms. The first kappa shape index (κ1) is 23.1. The van der Waals surface area contributed by atoms with Crippen LogP contribution < -0.4 is 9.13 Å². The van der Waals surface area contributed by atoms with Crippen LogP contribution in [0.1, 0.15) is 56.2 Å². The van der Waals surface area contributed by atoms with Crippen molar-refractivity contribution in [1.29, 1.82) is 0 Å².